The largest absolute Gasteiger partial charge is 0.375 e. The molecule has 0 fully saturated rings. The van der Waals surface area contributed by atoms with E-state index in [1.807, 2.05) is 0 Å². The van der Waals surface area contributed by atoms with Crippen LogP contribution in [-0.2, 0) is 4.74 Å². The van der Waals surface area contributed by atoms with Crippen LogP contribution in [0.25, 0.3) is 0 Å². The van der Waals surface area contributed by atoms with Gasteiger partial charge in [-0.25, -0.2) is 0 Å². The van der Waals surface area contributed by atoms with Crippen molar-refractivity contribution in [3.63, 3.8) is 0 Å². The van der Waals surface area contributed by atoms with E-state index in [9.17, 15) is 0 Å². The van der Waals surface area contributed by atoms with Gasteiger partial charge in [-0.05, 0) is 25.7 Å². The average Bonchev–Trinajstić information content (AvgIpc) is 1.83. The fourth-order valence-corrected chi connectivity index (χ4v) is 0.753. The van der Waals surface area contributed by atoms with Gasteiger partial charge in [0.25, 0.3) is 0 Å². The quantitative estimate of drug-likeness (QED) is 0.587. The zero-order chi connectivity index (χ0) is 9.61. The molecule has 0 saturated carbocycles. The second kappa shape index (κ2) is 5.36. The van der Waals surface area contributed by atoms with Crippen LogP contribution in [0.2, 0.25) is 0 Å². The van der Waals surface area contributed by atoms with Crippen LogP contribution < -0.4 is 0 Å². The zero-order valence-corrected chi connectivity index (χ0v) is 9.05. The van der Waals surface area contributed by atoms with Crippen molar-refractivity contribution in [2.24, 2.45) is 5.41 Å². The first-order valence-electron chi connectivity index (χ1n) is 4.68. The first-order valence-corrected chi connectivity index (χ1v) is 4.68. The van der Waals surface area contributed by atoms with Gasteiger partial charge in [0.1, 0.15) is 0 Å². The molecule has 72 valence electrons. The van der Waals surface area contributed by atoms with Gasteiger partial charge < -0.3 is 4.74 Å². The summed E-state index contributed by atoms with van der Waals surface area (Å²) in [6.45, 7) is 11.6. The smallest absolute Gasteiger partial charge is 0.0650 e. The zero-order valence-electron chi connectivity index (χ0n) is 9.05. The van der Waals surface area contributed by atoms with E-state index < -0.39 is 0 Å². The van der Waals surface area contributed by atoms with Crippen molar-refractivity contribution in [1.29, 1.82) is 0 Å². The third kappa shape index (κ3) is 9.70. The molecule has 0 N–H and O–H groups in total. The third-order valence-electron chi connectivity index (χ3n) is 1.42. The molecule has 1 nitrogen and oxygen atoms in total. The van der Waals surface area contributed by atoms with Gasteiger partial charge in [0.15, 0.2) is 0 Å². The van der Waals surface area contributed by atoms with Gasteiger partial charge >= 0.3 is 0 Å². The van der Waals surface area contributed by atoms with Crippen molar-refractivity contribution >= 4 is 0 Å². The van der Waals surface area contributed by atoms with E-state index in [0.29, 0.717) is 11.5 Å². The molecular weight excluding hydrogens is 148 g/mol. The predicted octanol–water partition coefficient (Wildman–Crippen LogP) is 3.40. The minimum Gasteiger partial charge on any atom is -0.375 e. The van der Waals surface area contributed by atoms with Gasteiger partial charge in [-0.15, -0.1) is 0 Å². The number of ether oxygens (including phenoxy) is 1. The maximum absolute atomic E-state index is 5.37. The topological polar surface area (TPSA) is 9.23 Å². The first kappa shape index (κ1) is 11.7. The fraction of sp³-hybridized carbons (Fsp3) is 0.818. The van der Waals surface area contributed by atoms with Crippen LogP contribution in [0.5, 0.6) is 0 Å². The number of allylic oxidation sites excluding steroid dienone is 1. The van der Waals surface area contributed by atoms with Crippen LogP contribution in [0.4, 0.5) is 0 Å². The van der Waals surface area contributed by atoms with E-state index in [0.717, 1.165) is 13.0 Å². The van der Waals surface area contributed by atoms with Crippen LogP contribution in [0.15, 0.2) is 12.2 Å². The molecule has 0 rings (SSSR count). The molecule has 0 aliphatic heterocycles. The number of hydrogen-bond acceptors (Lipinski definition) is 1. The molecule has 0 atom stereocenters. The summed E-state index contributed by atoms with van der Waals surface area (Å²) in [5.41, 5.74) is 0.397. The Kier molecular flexibility index (Phi) is 5.23. The van der Waals surface area contributed by atoms with E-state index in [4.69, 9.17) is 4.74 Å². The Balaban J connectivity index is 3.38. The molecule has 0 aromatic carbocycles. The molecule has 0 radical (unpaired) electrons. The van der Waals surface area contributed by atoms with Crippen molar-refractivity contribution in [3.8, 4) is 0 Å². The highest BCUT2D eigenvalue weighted by molar-refractivity contribution is 4.85. The Hall–Kier alpha value is -0.300. The van der Waals surface area contributed by atoms with E-state index in [1.54, 1.807) is 0 Å². The summed E-state index contributed by atoms with van der Waals surface area (Å²) in [4.78, 5) is 0. The lowest BCUT2D eigenvalue weighted by atomic mass is 9.92. The van der Waals surface area contributed by atoms with Gasteiger partial charge in [-0.3, -0.25) is 0 Å². The SMILES string of the molecule is CC(C)OC/C=C/CC(C)(C)C. The summed E-state index contributed by atoms with van der Waals surface area (Å²) in [6, 6.07) is 0. The second-order valence-corrected chi connectivity index (χ2v) is 4.62. The molecule has 0 saturated heterocycles. The maximum Gasteiger partial charge on any atom is 0.0650 e. The fourth-order valence-electron chi connectivity index (χ4n) is 0.753. The molecular formula is C11H22O. The highest BCUT2D eigenvalue weighted by atomic mass is 16.5. The summed E-state index contributed by atoms with van der Waals surface area (Å²) in [5, 5.41) is 0. The van der Waals surface area contributed by atoms with Gasteiger partial charge in [0, 0.05) is 0 Å². The van der Waals surface area contributed by atoms with Gasteiger partial charge in [0.2, 0.25) is 0 Å². The number of rotatable bonds is 4. The summed E-state index contributed by atoms with van der Waals surface area (Å²) < 4.78 is 5.37. The number of hydrogen-bond donors (Lipinski definition) is 0. The molecule has 0 aromatic heterocycles. The second-order valence-electron chi connectivity index (χ2n) is 4.62. The molecule has 0 amide bonds. The molecule has 0 spiro atoms. The van der Waals surface area contributed by atoms with Crippen LogP contribution in [0, 0.1) is 5.41 Å². The molecule has 1 heteroatoms. The van der Waals surface area contributed by atoms with Crippen molar-refractivity contribution in [2.75, 3.05) is 6.61 Å². The summed E-state index contributed by atoms with van der Waals surface area (Å²) >= 11 is 0. The molecule has 0 unspecified atom stereocenters. The summed E-state index contributed by atoms with van der Waals surface area (Å²) in [5.74, 6) is 0. The lowest BCUT2D eigenvalue weighted by Crippen LogP contribution is -2.03. The standard InChI is InChI=1S/C11H22O/c1-10(2)12-9-7-6-8-11(3,4)5/h6-7,10H,8-9H2,1-5H3/b7-6+. The molecule has 0 bridgehead atoms. The average molecular weight is 170 g/mol. The normalized spacial score (nSPS) is 13.2. The Bertz CT molecular complexity index is 128. The van der Waals surface area contributed by atoms with E-state index in [-0.39, 0.29) is 0 Å². The molecule has 0 aliphatic rings. The van der Waals surface area contributed by atoms with Gasteiger partial charge in [0.05, 0.1) is 12.7 Å². The molecule has 0 aliphatic carbocycles. The molecule has 0 aromatic rings. The van der Waals surface area contributed by atoms with E-state index >= 15 is 0 Å². The minimum atomic E-state index is 0.337. The minimum absolute atomic E-state index is 0.337. The van der Waals surface area contributed by atoms with Crippen molar-refractivity contribution in [1.82, 2.24) is 0 Å². The lowest BCUT2D eigenvalue weighted by Gasteiger charge is -2.14. The van der Waals surface area contributed by atoms with Crippen molar-refractivity contribution < 1.29 is 4.74 Å². The van der Waals surface area contributed by atoms with Crippen LogP contribution >= 0.6 is 0 Å². The highest BCUT2D eigenvalue weighted by Crippen LogP contribution is 2.18. The Morgan fingerprint density at radius 1 is 1.17 bits per heavy atom. The van der Waals surface area contributed by atoms with Crippen LogP contribution in [0.3, 0.4) is 0 Å². The van der Waals surface area contributed by atoms with Crippen molar-refractivity contribution in [3.05, 3.63) is 12.2 Å². The summed E-state index contributed by atoms with van der Waals surface area (Å²) in [6.07, 6.45) is 5.76. The van der Waals surface area contributed by atoms with E-state index in [2.05, 4.69) is 46.8 Å². The first-order chi connectivity index (χ1) is 5.42. The van der Waals surface area contributed by atoms with Gasteiger partial charge in [-0.1, -0.05) is 32.9 Å². The highest BCUT2D eigenvalue weighted by Gasteiger charge is 2.05. The summed E-state index contributed by atoms with van der Waals surface area (Å²) in [7, 11) is 0. The van der Waals surface area contributed by atoms with Crippen LogP contribution in [0.1, 0.15) is 41.0 Å². The predicted molar refractivity (Wildman–Crippen MR) is 54.3 cm³/mol. The Morgan fingerprint density at radius 3 is 2.17 bits per heavy atom. The Morgan fingerprint density at radius 2 is 1.75 bits per heavy atom. The van der Waals surface area contributed by atoms with Crippen LogP contribution in [-0.4, -0.2) is 12.7 Å². The molecule has 12 heavy (non-hydrogen) atoms. The monoisotopic (exact) mass is 170 g/mol. The maximum atomic E-state index is 5.37. The van der Waals surface area contributed by atoms with Gasteiger partial charge in [-0.2, -0.15) is 0 Å². The van der Waals surface area contributed by atoms with Crippen molar-refractivity contribution in [2.45, 2.75) is 47.1 Å². The lowest BCUT2D eigenvalue weighted by molar-refractivity contribution is 0.102. The van der Waals surface area contributed by atoms with E-state index in [1.165, 1.54) is 0 Å². The molecule has 0 heterocycles. The Labute approximate surface area is 76.8 Å². The third-order valence-corrected chi connectivity index (χ3v) is 1.42.